The summed E-state index contributed by atoms with van der Waals surface area (Å²) in [6.45, 7) is 4.69. The van der Waals surface area contributed by atoms with Crippen LogP contribution in [-0.4, -0.2) is 24.8 Å². The molecule has 110 valence electrons. The first-order chi connectivity index (χ1) is 9.62. The van der Waals surface area contributed by atoms with E-state index in [1.165, 1.54) is 0 Å². The Labute approximate surface area is 120 Å². The van der Waals surface area contributed by atoms with E-state index in [1.54, 1.807) is 13.2 Å². The van der Waals surface area contributed by atoms with Crippen LogP contribution in [0.4, 0.5) is 0 Å². The van der Waals surface area contributed by atoms with Crippen molar-refractivity contribution in [3.05, 3.63) is 29.8 Å². The Balaban J connectivity index is 3.00. The monoisotopic (exact) mass is 278 g/mol. The van der Waals surface area contributed by atoms with Gasteiger partial charge in [-0.3, -0.25) is 4.79 Å². The van der Waals surface area contributed by atoms with Gasteiger partial charge in [0.2, 0.25) is 0 Å². The average molecular weight is 278 g/mol. The molecule has 0 spiro atoms. The molecular formula is C16H22O4. The van der Waals surface area contributed by atoms with Crippen molar-refractivity contribution in [2.24, 2.45) is 0 Å². The lowest BCUT2D eigenvalue weighted by atomic mass is 10.0. The number of carbonyl (C=O) groups is 1. The minimum Gasteiger partial charge on any atom is -0.493 e. The summed E-state index contributed by atoms with van der Waals surface area (Å²) < 4.78 is 10.9. The van der Waals surface area contributed by atoms with Gasteiger partial charge in [-0.2, -0.15) is 0 Å². The maximum atomic E-state index is 10.7. The van der Waals surface area contributed by atoms with E-state index in [9.17, 15) is 4.79 Å². The third kappa shape index (κ3) is 4.61. The van der Waals surface area contributed by atoms with Gasteiger partial charge in [0.25, 0.3) is 0 Å². The predicted molar refractivity (Wildman–Crippen MR) is 79.3 cm³/mol. The predicted octanol–water partition coefficient (Wildman–Crippen LogP) is 3.75. The lowest BCUT2D eigenvalue weighted by Gasteiger charge is -2.13. The molecule has 0 aromatic heterocycles. The molecule has 0 aliphatic carbocycles. The van der Waals surface area contributed by atoms with Crippen LogP contribution in [0.5, 0.6) is 11.5 Å². The number of hydrogen-bond donors (Lipinski definition) is 1. The van der Waals surface area contributed by atoms with Crippen molar-refractivity contribution in [2.45, 2.75) is 33.1 Å². The molecule has 1 N–H and O–H groups in total. The van der Waals surface area contributed by atoms with Crippen LogP contribution >= 0.6 is 0 Å². The molecule has 4 nitrogen and oxygen atoms in total. The number of methoxy groups -OCH3 is 1. The van der Waals surface area contributed by atoms with Crippen molar-refractivity contribution in [3.63, 3.8) is 0 Å². The molecule has 1 rings (SSSR count). The number of aliphatic carboxylic acids is 1. The molecule has 0 saturated heterocycles. The van der Waals surface area contributed by atoms with E-state index in [0.717, 1.165) is 24.0 Å². The first-order valence-corrected chi connectivity index (χ1v) is 6.84. The Hall–Kier alpha value is -1.97. The maximum Gasteiger partial charge on any atom is 0.307 e. The molecule has 1 aromatic rings. The van der Waals surface area contributed by atoms with Crippen LogP contribution in [0.2, 0.25) is 0 Å². The normalized spacial score (nSPS) is 11.2. The van der Waals surface area contributed by atoms with Crippen molar-refractivity contribution >= 4 is 11.5 Å². The van der Waals surface area contributed by atoms with E-state index >= 15 is 0 Å². The number of allylic oxidation sites excluding steroid dienone is 1. The van der Waals surface area contributed by atoms with Crippen molar-refractivity contribution in [2.75, 3.05) is 13.7 Å². The molecule has 0 bridgehead atoms. The lowest BCUT2D eigenvalue weighted by molar-refractivity contribution is -0.135. The van der Waals surface area contributed by atoms with Gasteiger partial charge in [0.15, 0.2) is 11.5 Å². The minimum absolute atomic E-state index is 0.0274. The summed E-state index contributed by atoms with van der Waals surface area (Å²) in [7, 11) is 1.60. The summed E-state index contributed by atoms with van der Waals surface area (Å²) >= 11 is 0. The Morgan fingerprint density at radius 3 is 2.60 bits per heavy atom. The van der Waals surface area contributed by atoms with E-state index in [2.05, 4.69) is 0 Å². The van der Waals surface area contributed by atoms with E-state index < -0.39 is 5.97 Å². The Morgan fingerprint density at radius 1 is 1.30 bits per heavy atom. The average Bonchev–Trinajstić information content (AvgIpc) is 2.45. The summed E-state index contributed by atoms with van der Waals surface area (Å²) in [5.41, 5.74) is 1.96. The van der Waals surface area contributed by atoms with Gasteiger partial charge in [0.05, 0.1) is 20.1 Å². The molecule has 0 fully saturated rings. The summed E-state index contributed by atoms with van der Waals surface area (Å²) in [6.07, 6.45) is 3.47. The van der Waals surface area contributed by atoms with Gasteiger partial charge in [0.1, 0.15) is 0 Å². The van der Waals surface area contributed by atoms with Crippen LogP contribution in [0.25, 0.3) is 5.57 Å². The van der Waals surface area contributed by atoms with Crippen LogP contribution in [0.1, 0.15) is 38.7 Å². The lowest BCUT2D eigenvalue weighted by Crippen LogP contribution is -1.98. The van der Waals surface area contributed by atoms with Crippen LogP contribution < -0.4 is 9.47 Å². The number of rotatable bonds is 8. The van der Waals surface area contributed by atoms with Crippen LogP contribution in [0.15, 0.2) is 24.3 Å². The molecule has 0 unspecified atom stereocenters. The zero-order valence-corrected chi connectivity index (χ0v) is 12.3. The minimum atomic E-state index is -0.828. The second kappa shape index (κ2) is 8.25. The number of benzene rings is 1. The van der Waals surface area contributed by atoms with Gasteiger partial charge in [0, 0.05) is 0 Å². The van der Waals surface area contributed by atoms with Gasteiger partial charge in [-0.15, -0.1) is 0 Å². The zero-order valence-electron chi connectivity index (χ0n) is 12.3. The van der Waals surface area contributed by atoms with E-state index in [-0.39, 0.29) is 6.42 Å². The number of carboxylic acids is 1. The molecule has 0 aliphatic heterocycles. The second-order valence-corrected chi connectivity index (χ2v) is 4.39. The quantitative estimate of drug-likeness (QED) is 0.786. The van der Waals surface area contributed by atoms with Crippen LogP contribution in [0.3, 0.4) is 0 Å². The largest absolute Gasteiger partial charge is 0.493 e. The van der Waals surface area contributed by atoms with Crippen molar-refractivity contribution in [1.82, 2.24) is 0 Å². The van der Waals surface area contributed by atoms with E-state index in [0.29, 0.717) is 18.1 Å². The van der Waals surface area contributed by atoms with Crippen molar-refractivity contribution in [3.8, 4) is 11.5 Å². The second-order valence-electron chi connectivity index (χ2n) is 4.39. The van der Waals surface area contributed by atoms with Gasteiger partial charge >= 0.3 is 5.97 Å². The SMILES string of the molecule is CCCOc1ccc(/C(=C/CC(=O)O)CC)cc1OC. The van der Waals surface area contributed by atoms with Gasteiger partial charge in [-0.05, 0) is 36.1 Å². The Bertz CT molecular complexity index is 477. The fraction of sp³-hybridized carbons (Fsp3) is 0.438. The van der Waals surface area contributed by atoms with Crippen molar-refractivity contribution < 1.29 is 19.4 Å². The fourth-order valence-electron chi connectivity index (χ4n) is 1.88. The molecule has 0 heterocycles. The molecule has 0 aliphatic rings. The van der Waals surface area contributed by atoms with Gasteiger partial charge in [-0.1, -0.05) is 26.0 Å². The molecule has 4 heteroatoms. The Morgan fingerprint density at radius 2 is 2.05 bits per heavy atom. The first kappa shape index (κ1) is 16.1. The topological polar surface area (TPSA) is 55.8 Å². The van der Waals surface area contributed by atoms with Crippen LogP contribution in [0, 0.1) is 0 Å². The number of ether oxygens (including phenoxy) is 2. The summed E-state index contributed by atoms with van der Waals surface area (Å²) in [5, 5.41) is 8.76. The third-order valence-corrected chi connectivity index (χ3v) is 2.90. The van der Waals surface area contributed by atoms with Crippen molar-refractivity contribution in [1.29, 1.82) is 0 Å². The molecule has 0 atom stereocenters. The molecule has 1 aromatic carbocycles. The zero-order chi connectivity index (χ0) is 15.0. The third-order valence-electron chi connectivity index (χ3n) is 2.90. The molecule has 0 amide bonds. The highest BCUT2D eigenvalue weighted by Gasteiger charge is 2.08. The van der Waals surface area contributed by atoms with Crippen LogP contribution in [-0.2, 0) is 4.79 Å². The number of carboxylic acid groups (broad SMARTS) is 1. The van der Waals surface area contributed by atoms with E-state index in [1.807, 2.05) is 32.0 Å². The summed E-state index contributed by atoms with van der Waals surface area (Å²) in [4.78, 5) is 10.7. The van der Waals surface area contributed by atoms with Gasteiger partial charge < -0.3 is 14.6 Å². The standard InChI is InChI=1S/C16H22O4/c1-4-10-20-14-8-6-13(11-15(14)19-3)12(5-2)7-9-16(17)18/h6-8,11H,4-5,9-10H2,1-3H3,(H,17,18)/b12-7+. The van der Waals surface area contributed by atoms with E-state index in [4.69, 9.17) is 14.6 Å². The van der Waals surface area contributed by atoms with Gasteiger partial charge in [-0.25, -0.2) is 0 Å². The highest BCUT2D eigenvalue weighted by molar-refractivity contribution is 5.75. The highest BCUT2D eigenvalue weighted by Crippen LogP contribution is 2.31. The fourth-order valence-corrected chi connectivity index (χ4v) is 1.88. The highest BCUT2D eigenvalue weighted by atomic mass is 16.5. The first-order valence-electron chi connectivity index (χ1n) is 6.84. The number of hydrogen-bond acceptors (Lipinski definition) is 3. The summed E-state index contributed by atoms with van der Waals surface area (Å²) in [5.74, 6) is 0.559. The smallest absolute Gasteiger partial charge is 0.307 e. The Kier molecular flexibility index (Phi) is 6.64. The maximum absolute atomic E-state index is 10.7. The summed E-state index contributed by atoms with van der Waals surface area (Å²) in [6, 6.07) is 5.70. The molecule has 0 saturated carbocycles. The molecular weight excluding hydrogens is 256 g/mol. The molecule has 20 heavy (non-hydrogen) atoms. The molecule has 0 radical (unpaired) electrons.